The number of nitrogens with one attached hydrogen (secondary N) is 2. The van der Waals surface area contributed by atoms with E-state index in [9.17, 15) is 14.0 Å². The number of carbonyl (C=O) groups excluding carboxylic acids is 2. The fourth-order valence-electron chi connectivity index (χ4n) is 3.63. The SMILES string of the molecule is CC1(C)CCC[C@H]1NC(=O)c1cc(C(=O)c2sc(Nc3ccc(F)cc3)nc2N)on1. The highest BCUT2D eigenvalue weighted by Crippen LogP contribution is 2.37. The maximum atomic E-state index is 13.0. The van der Waals surface area contributed by atoms with Gasteiger partial charge in [0.05, 0.1) is 0 Å². The number of carbonyl (C=O) groups is 2. The zero-order valence-corrected chi connectivity index (χ0v) is 17.9. The summed E-state index contributed by atoms with van der Waals surface area (Å²) in [7, 11) is 0. The molecule has 4 rings (SSSR count). The third-order valence-electron chi connectivity index (χ3n) is 5.48. The Labute approximate surface area is 182 Å². The predicted octanol–water partition coefficient (Wildman–Crippen LogP) is 4.14. The summed E-state index contributed by atoms with van der Waals surface area (Å²) in [6.07, 6.45) is 3.00. The van der Waals surface area contributed by atoms with Crippen molar-refractivity contribution >= 4 is 39.7 Å². The number of benzene rings is 1. The van der Waals surface area contributed by atoms with Gasteiger partial charge in [-0.25, -0.2) is 9.37 Å². The van der Waals surface area contributed by atoms with Gasteiger partial charge in [-0.05, 0) is 42.5 Å². The van der Waals surface area contributed by atoms with Crippen LogP contribution >= 0.6 is 11.3 Å². The van der Waals surface area contributed by atoms with Gasteiger partial charge in [-0.1, -0.05) is 36.8 Å². The van der Waals surface area contributed by atoms with Crippen LogP contribution in [-0.4, -0.2) is 27.9 Å². The third-order valence-corrected chi connectivity index (χ3v) is 6.47. The first kappa shape index (κ1) is 21.0. The fourth-order valence-corrected chi connectivity index (χ4v) is 4.48. The summed E-state index contributed by atoms with van der Waals surface area (Å²) < 4.78 is 18.2. The summed E-state index contributed by atoms with van der Waals surface area (Å²) in [5, 5.41) is 10.1. The molecule has 0 saturated heterocycles. The number of halogens is 1. The van der Waals surface area contributed by atoms with Crippen LogP contribution in [0.2, 0.25) is 0 Å². The van der Waals surface area contributed by atoms with Crippen molar-refractivity contribution in [2.45, 2.75) is 39.2 Å². The highest BCUT2D eigenvalue weighted by Gasteiger charge is 2.36. The monoisotopic (exact) mass is 443 g/mol. The number of nitrogen functional groups attached to an aromatic ring is 1. The zero-order valence-electron chi connectivity index (χ0n) is 17.1. The van der Waals surface area contributed by atoms with Crippen molar-refractivity contribution in [3.63, 3.8) is 0 Å². The Hall–Kier alpha value is -3.27. The molecule has 1 amide bonds. The number of aromatic nitrogens is 2. The second-order valence-electron chi connectivity index (χ2n) is 8.18. The van der Waals surface area contributed by atoms with Crippen LogP contribution in [0.15, 0.2) is 34.9 Å². The minimum absolute atomic E-state index is 0.0169. The van der Waals surface area contributed by atoms with Crippen LogP contribution in [0.5, 0.6) is 0 Å². The smallest absolute Gasteiger partial charge is 0.273 e. The molecule has 1 aromatic carbocycles. The highest BCUT2D eigenvalue weighted by atomic mass is 32.1. The molecule has 2 aromatic heterocycles. The summed E-state index contributed by atoms with van der Waals surface area (Å²) in [4.78, 5) is 29.6. The van der Waals surface area contributed by atoms with E-state index in [1.807, 2.05) is 0 Å². The van der Waals surface area contributed by atoms with Crippen LogP contribution < -0.4 is 16.4 Å². The lowest BCUT2D eigenvalue weighted by atomic mass is 9.87. The Bertz CT molecular complexity index is 1120. The first-order chi connectivity index (χ1) is 14.7. The minimum atomic E-state index is -0.519. The molecule has 0 unspecified atom stereocenters. The van der Waals surface area contributed by atoms with Crippen molar-refractivity contribution in [1.29, 1.82) is 0 Å². The van der Waals surface area contributed by atoms with Gasteiger partial charge < -0.3 is 20.9 Å². The average Bonchev–Trinajstić information content (AvgIpc) is 3.43. The molecule has 1 aliphatic carbocycles. The van der Waals surface area contributed by atoms with E-state index in [0.717, 1.165) is 30.6 Å². The topological polar surface area (TPSA) is 123 Å². The number of thiazole rings is 1. The third kappa shape index (κ3) is 4.43. The molecular formula is C21H22FN5O3S. The molecule has 10 heteroatoms. The number of hydrogen-bond donors (Lipinski definition) is 3. The van der Waals surface area contributed by atoms with Gasteiger partial charge in [-0.3, -0.25) is 9.59 Å². The molecule has 1 aliphatic rings. The second-order valence-corrected chi connectivity index (χ2v) is 9.18. The summed E-state index contributed by atoms with van der Waals surface area (Å²) >= 11 is 1.03. The van der Waals surface area contributed by atoms with Crippen molar-refractivity contribution < 1.29 is 18.5 Å². The van der Waals surface area contributed by atoms with Crippen molar-refractivity contribution in [3.05, 3.63) is 52.5 Å². The highest BCUT2D eigenvalue weighted by molar-refractivity contribution is 7.18. The Morgan fingerprint density at radius 2 is 2.03 bits per heavy atom. The molecule has 0 radical (unpaired) electrons. The van der Waals surface area contributed by atoms with Gasteiger partial charge in [0.1, 0.15) is 16.5 Å². The Balaban J connectivity index is 1.46. The van der Waals surface area contributed by atoms with Crippen molar-refractivity contribution in [3.8, 4) is 0 Å². The number of nitrogens with zero attached hydrogens (tertiary/aromatic N) is 2. The number of hydrogen-bond acceptors (Lipinski definition) is 8. The fraction of sp³-hybridized carbons (Fsp3) is 0.333. The van der Waals surface area contributed by atoms with Crippen LogP contribution in [-0.2, 0) is 0 Å². The molecule has 2 heterocycles. The van der Waals surface area contributed by atoms with Gasteiger partial charge in [0.25, 0.3) is 5.91 Å². The number of ketones is 1. The molecule has 8 nitrogen and oxygen atoms in total. The van der Waals surface area contributed by atoms with Gasteiger partial charge in [-0.2, -0.15) is 0 Å². The molecular weight excluding hydrogens is 421 g/mol. The van der Waals surface area contributed by atoms with Crippen LogP contribution in [0.4, 0.5) is 21.0 Å². The number of anilines is 3. The van der Waals surface area contributed by atoms with Crippen LogP contribution in [0, 0.1) is 11.2 Å². The predicted molar refractivity (Wildman–Crippen MR) is 115 cm³/mol. The van der Waals surface area contributed by atoms with Gasteiger partial charge in [0, 0.05) is 17.8 Å². The van der Waals surface area contributed by atoms with E-state index in [1.165, 1.54) is 18.2 Å². The Kier molecular flexibility index (Phi) is 5.48. The molecule has 0 bridgehead atoms. The number of rotatable bonds is 6. The summed E-state index contributed by atoms with van der Waals surface area (Å²) in [5.74, 6) is -1.33. The molecule has 162 valence electrons. The lowest BCUT2D eigenvalue weighted by molar-refractivity contribution is 0.0898. The van der Waals surface area contributed by atoms with Crippen molar-refractivity contribution in [1.82, 2.24) is 15.5 Å². The number of nitrogens with two attached hydrogens (primary N) is 1. The lowest BCUT2D eigenvalue weighted by Crippen LogP contribution is -2.41. The number of amides is 1. The molecule has 4 N–H and O–H groups in total. The van der Waals surface area contributed by atoms with E-state index in [1.54, 1.807) is 12.1 Å². The first-order valence-corrected chi connectivity index (χ1v) is 10.7. The molecule has 0 aliphatic heterocycles. The van der Waals surface area contributed by atoms with E-state index >= 15 is 0 Å². The molecule has 1 atom stereocenters. The van der Waals surface area contributed by atoms with Gasteiger partial charge >= 0.3 is 0 Å². The van der Waals surface area contributed by atoms with Gasteiger partial charge in [0.15, 0.2) is 10.8 Å². The summed E-state index contributed by atoms with van der Waals surface area (Å²) in [6.45, 7) is 4.24. The minimum Gasteiger partial charge on any atom is -0.382 e. The van der Waals surface area contributed by atoms with Crippen LogP contribution in [0.1, 0.15) is 59.0 Å². The molecule has 3 aromatic rings. The molecule has 31 heavy (non-hydrogen) atoms. The molecule has 0 spiro atoms. The van der Waals surface area contributed by atoms with E-state index < -0.39 is 5.78 Å². The van der Waals surface area contributed by atoms with Gasteiger partial charge in [-0.15, -0.1) is 0 Å². The molecule has 1 saturated carbocycles. The largest absolute Gasteiger partial charge is 0.382 e. The van der Waals surface area contributed by atoms with E-state index in [-0.39, 0.29) is 45.3 Å². The van der Waals surface area contributed by atoms with Gasteiger partial charge in [0.2, 0.25) is 11.5 Å². The lowest BCUT2D eigenvalue weighted by Gasteiger charge is -2.27. The second kappa shape index (κ2) is 8.10. The quantitative estimate of drug-likeness (QED) is 0.489. The van der Waals surface area contributed by atoms with Crippen molar-refractivity contribution in [2.24, 2.45) is 5.41 Å². The normalized spacial score (nSPS) is 17.5. The van der Waals surface area contributed by atoms with E-state index in [0.29, 0.717) is 10.8 Å². The maximum Gasteiger partial charge on any atom is 0.273 e. The zero-order chi connectivity index (χ0) is 22.2. The summed E-state index contributed by atoms with van der Waals surface area (Å²) in [6, 6.07) is 7.06. The van der Waals surface area contributed by atoms with Crippen LogP contribution in [0.3, 0.4) is 0 Å². The Morgan fingerprint density at radius 1 is 1.29 bits per heavy atom. The van der Waals surface area contributed by atoms with E-state index in [4.69, 9.17) is 10.3 Å². The Morgan fingerprint density at radius 3 is 2.71 bits per heavy atom. The van der Waals surface area contributed by atoms with E-state index in [2.05, 4.69) is 34.6 Å². The first-order valence-electron chi connectivity index (χ1n) is 9.84. The van der Waals surface area contributed by atoms with Crippen LogP contribution in [0.25, 0.3) is 0 Å². The summed E-state index contributed by atoms with van der Waals surface area (Å²) in [5.41, 5.74) is 6.56. The average molecular weight is 444 g/mol. The standard InChI is InChI=1S/C21H22FN5O3S/c1-21(2)9-3-4-15(21)25-19(29)13-10-14(30-27-13)16(28)17-18(23)26-20(31-17)24-12-7-5-11(22)6-8-12/h5-8,10,15H,3-4,9,23H2,1-2H3,(H,24,26)(H,25,29)/t15-/m1/s1. The molecule has 1 fully saturated rings. The maximum absolute atomic E-state index is 13.0. The van der Waals surface area contributed by atoms with Crippen molar-refractivity contribution in [2.75, 3.05) is 11.1 Å².